The highest BCUT2D eigenvalue weighted by molar-refractivity contribution is 7.18. The van der Waals surface area contributed by atoms with Crippen molar-refractivity contribution in [1.82, 2.24) is 5.32 Å². The van der Waals surface area contributed by atoms with E-state index < -0.39 is 0 Å². The molecule has 1 saturated carbocycles. The van der Waals surface area contributed by atoms with Crippen molar-refractivity contribution in [3.8, 4) is 0 Å². The van der Waals surface area contributed by atoms with E-state index in [2.05, 4.69) is 10.6 Å². The molecule has 1 fully saturated rings. The highest BCUT2D eigenvalue weighted by Gasteiger charge is 2.30. The number of nitrogens with one attached hydrogen (secondary N) is 2. The standard InChI is InChI=1S/C19H22N2O2S/c1-11-4-6-14(7-5-11)13(3)20-19(23)17-12(2)10-16(24-17)21-18(22)15-8-9-15/h4-7,10,13,15H,8-9H2,1-3H3,(H,20,23)(H,21,22). The fourth-order valence-electron chi connectivity index (χ4n) is 2.54. The Kier molecular flexibility index (Phi) is 4.71. The number of benzene rings is 1. The smallest absolute Gasteiger partial charge is 0.262 e. The molecule has 24 heavy (non-hydrogen) atoms. The molecular formula is C19H22N2O2S. The molecule has 1 aliphatic rings. The van der Waals surface area contributed by atoms with Crippen molar-refractivity contribution in [2.24, 2.45) is 5.92 Å². The number of amides is 2. The van der Waals surface area contributed by atoms with E-state index in [1.54, 1.807) is 0 Å². The van der Waals surface area contributed by atoms with Crippen molar-refractivity contribution in [2.45, 2.75) is 39.7 Å². The van der Waals surface area contributed by atoms with Gasteiger partial charge >= 0.3 is 0 Å². The fraction of sp³-hybridized carbons (Fsp3) is 0.368. The highest BCUT2D eigenvalue weighted by Crippen LogP contribution is 2.33. The van der Waals surface area contributed by atoms with Crippen LogP contribution < -0.4 is 10.6 Å². The van der Waals surface area contributed by atoms with Crippen LogP contribution in [0.1, 0.15) is 52.2 Å². The van der Waals surface area contributed by atoms with Gasteiger partial charge in [0.25, 0.3) is 5.91 Å². The van der Waals surface area contributed by atoms with Gasteiger partial charge < -0.3 is 10.6 Å². The number of carbonyl (C=O) groups excluding carboxylic acids is 2. The van der Waals surface area contributed by atoms with Gasteiger partial charge in [-0.15, -0.1) is 11.3 Å². The molecule has 126 valence electrons. The summed E-state index contributed by atoms with van der Waals surface area (Å²) < 4.78 is 0. The van der Waals surface area contributed by atoms with Gasteiger partial charge in [0.1, 0.15) is 0 Å². The van der Waals surface area contributed by atoms with Crippen LogP contribution in [0.15, 0.2) is 30.3 Å². The monoisotopic (exact) mass is 342 g/mol. The molecule has 5 heteroatoms. The molecule has 3 rings (SSSR count). The minimum Gasteiger partial charge on any atom is -0.345 e. The minimum absolute atomic E-state index is 0.0656. The van der Waals surface area contributed by atoms with Crippen LogP contribution in [0.3, 0.4) is 0 Å². The van der Waals surface area contributed by atoms with E-state index in [1.165, 1.54) is 16.9 Å². The second-order valence-corrected chi connectivity index (χ2v) is 7.54. The van der Waals surface area contributed by atoms with Crippen molar-refractivity contribution >= 4 is 28.2 Å². The molecule has 1 atom stereocenters. The second kappa shape index (κ2) is 6.77. The first-order valence-electron chi connectivity index (χ1n) is 8.23. The third-order valence-electron chi connectivity index (χ3n) is 4.24. The topological polar surface area (TPSA) is 58.2 Å². The number of hydrogen-bond acceptors (Lipinski definition) is 3. The molecule has 2 aromatic rings. The zero-order valence-electron chi connectivity index (χ0n) is 14.2. The van der Waals surface area contributed by atoms with Crippen molar-refractivity contribution < 1.29 is 9.59 Å². The fourth-order valence-corrected chi connectivity index (χ4v) is 3.52. The Morgan fingerprint density at radius 2 is 1.83 bits per heavy atom. The lowest BCUT2D eigenvalue weighted by atomic mass is 10.1. The summed E-state index contributed by atoms with van der Waals surface area (Å²) in [6.45, 7) is 5.91. The lowest BCUT2D eigenvalue weighted by Crippen LogP contribution is -2.26. The van der Waals surface area contributed by atoms with E-state index in [-0.39, 0.29) is 23.8 Å². The maximum atomic E-state index is 12.5. The number of carbonyl (C=O) groups is 2. The van der Waals surface area contributed by atoms with Gasteiger partial charge in [-0.25, -0.2) is 0 Å². The van der Waals surface area contributed by atoms with Gasteiger partial charge in [0.05, 0.1) is 15.9 Å². The summed E-state index contributed by atoms with van der Waals surface area (Å²) in [5, 5.41) is 6.69. The van der Waals surface area contributed by atoms with E-state index in [9.17, 15) is 9.59 Å². The Balaban J connectivity index is 1.66. The number of aryl methyl sites for hydroxylation is 2. The summed E-state index contributed by atoms with van der Waals surface area (Å²) in [7, 11) is 0. The van der Waals surface area contributed by atoms with Crippen molar-refractivity contribution in [1.29, 1.82) is 0 Å². The quantitative estimate of drug-likeness (QED) is 0.855. The van der Waals surface area contributed by atoms with E-state index in [0.717, 1.165) is 29.0 Å². The largest absolute Gasteiger partial charge is 0.345 e. The van der Waals surface area contributed by atoms with Crippen molar-refractivity contribution in [2.75, 3.05) is 5.32 Å². The highest BCUT2D eigenvalue weighted by atomic mass is 32.1. The molecule has 1 unspecified atom stereocenters. The van der Waals surface area contributed by atoms with Crippen LogP contribution >= 0.6 is 11.3 Å². The minimum atomic E-state index is -0.0995. The summed E-state index contributed by atoms with van der Waals surface area (Å²) in [6.07, 6.45) is 1.94. The maximum absolute atomic E-state index is 12.5. The average molecular weight is 342 g/mol. The third-order valence-corrected chi connectivity index (χ3v) is 5.39. The van der Waals surface area contributed by atoms with Crippen LogP contribution in [-0.4, -0.2) is 11.8 Å². The van der Waals surface area contributed by atoms with E-state index in [4.69, 9.17) is 0 Å². The number of anilines is 1. The lowest BCUT2D eigenvalue weighted by molar-refractivity contribution is -0.117. The SMILES string of the molecule is Cc1ccc(C(C)NC(=O)c2sc(NC(=O)C3CC3)cc2C)cc1. The Labute approximate surface area is 146 Å². The number of hydrogen-bond donors (Lipinski definition) is 2. The molecule has 0 radical (unpaired) electrons. The van der Waals surface area contributed by atoms with Crippen LogP contribution in [0.25, 0.3) is 0 Å². The van der Waals surface area contributed by atoms with E-state index >= 15 is 0 Å². The molecule has 1 aliphatic carbocycles. The first-order chi connectivity index (χ1) is 11.4. The second-order valence-electron chi connectivity index (χ2n) is 6.49. The first-order valence-corrected chi connectivity index (χ1v) is 9.04. The molecule has 2 amide bonds. The maximum Gasteiger partial charge on any atom is 0.262 e. The molecule has 0 bridgehead atoms. The van der Waals surface area contributed by atoms with Crippen molar-refractivity contribution in [3.63, 3.8) is 0 Å². The van der Waals surface area contributed by atoms with Gasteiger partial charge in [0.2, 0.25) is 5.91 Å². The lowest BCUT2D eigenvalue weighted by Gasteiger charge is -2.14. The van der Waals surface area contributed by atoms with Crippen molar-refractivity contribution in [3.05, 3.63) is 51.9 Å². The van der Waals surface area contributed by atoms with Gasteiger partial charge in [-0.3, -0.25) is 9.59 Å². The number of thiophene rings is 1. The summed E-state index contributed by atoms with van der Waals surface area (Å²) in [5.41, 5.74) is 3.16. The molecule has 0 saturated heterocycles. The van der Waals surface area contributed by atoms with Gasteiger partial charge in [0.15, 0.2) is 0 Å². The molecule has 4 nitrogen and oxygen atoms in total. The molecule has 0 aliphatic heterocycles. The van der Waals surface area contributed by atoms with Crippen LogP contribution in [-0.2, 0) is 4.79 Å². The Hall–Kier alpha value is -2.14. The Bertz CT molecular complexity index is 760. The molecule has 0 spiro atoms. The molecule has 1 aromatic heterocycles. The zero-order valence-corrected chi connectivity index (χ0v) is 15.0. The summed E-state index contributed by atoms with van der Waals surface area (Å²) in [6, 6.07) is 9.95. The van der Waals surface area contributed by atoms with E-state index in [0.29, 0.717) is 4.88 Å². The predicted octanol–water partition coefficient (Wildman–Crippen LogP) is 4.20. The van der Waals surface area contributed by atoms with Gasteiger partial charge in [-0.2, -0.15) is 0 Å². The van der Waals surface area contributed by atoms with Gasteiger partial charge in [-0.1, -0.05) is 29.8 Å². The summed E-state index contributed by atoms with van der Waals surface area (Å²) in [5.74, 6) is 0.125. The summed E-state index contributed by atoms with van der Waals surface area (Å²) in [4.78, 5) is 25.1. The number of rotatable bonds is 5. The predicted molar refractivity (Wildman–Crippen MR) is 97.5 cm³/mol. The molecule has 2 N–H and O–H groups in total. The zero-order chi connectivity index (χ0) is 17.3. The van der Waals surface area contributed by atoms with Crippen LogP contribution in [0.5, 0.6) is 0 Å². The van der Waals surface area contributed by atoms with Crippen LogP contribution in [0.4, 0.5) is 5.00 Å². The third kappa shape index (κ3) is 3.85. The molecule has 1 heterocycles. The Morgan fingerprint density at radius 3 is 2.46 bits per heavy atom. The van der Waals surface area contributed by atoms with Crippen LogP contribution in [0, 0.1) is 19.8 Å². The normalized spacial score (nSPS) is 15.0. The first kappa shape index (κ1) is 16.7. The summed E-state index contributed by atoms with van der Waals surface area (Å²) >= 11 is 1.34. The molecule has 1 aromatic carbocycles. The van der Waals surface area contributed by atoms with Gasteiger partial charge in [-0.05, 0) is 50.8 Å². The Morgan fingerprint density at radius 1 is 1.17 bits per heavy atom. The molecular weight excluding hydrogens is 320 g/mol. The van der Waals surface area contributed by atoms with Gasteiger partial charge in [0, 0.05) is 5.92 Å². The van der Waals surface area contributed by atoms with E-state index in [1.807, 2.05) is 51.1 Å². The average Bonchev–Trinajstić information content (AvgIpc) is 3.32. The van der Waals surface area contributed by atoms with Crippen LogP contribution in [0.2, 0.25) is 0 Å².